The average Bonchev–Trinajstić information content (AvgIpc) is 3.23. The van der Waals surface area contributed by atoms with Gasteiger partial charge >= 0.3 is 13.8 Å². The fourth-order valence-corrected chi connectivity index (χ4v) is 7.67. The molecule has 13 heteroatoms. The molecular weight excluding hydrogens is 787 g/mol. The van der Waals surface area contributed by atoms with Gasteiger partial charge in [-0.3, -0.25) is 13.8 Å². The molecule has 1 fully saturated rings. The van der Waals surface area contributed by atoms with Crippen molar-refractivity contribution in [1.29, 1.82) is 0 Å². The van der Waals surface area contributed by atoms with Gasteiger partial charge in [-0.2, -0.15) is 0 Å². The topological polar surface area (TPSA) is 192 Å². The molecule has 0 spiro atoms. The summed E-state index contributed by atoms with van der Waals surface area (Å²) in [6.45, 7) is 4.08. The predicted molar refractivity (Wildman–Crippen MR) is 239 cm³/mol. The van der Waals surface area contributed by atoms with Gasteiger partial charge in [0.2, 0.25) is 0 Å². The highest BCUT2D eigenvalue weighted by Crippen LogP contribution is 2.47. The molecule has 0 saturated heterocycles. The number of hydrogen-bond acceptors (Lipinski definition) is 11. The Bertz CT molecular complexity index is 1220. The van der Waals surface area contributed by atoms with Gasteiger partial charge in [-0.1, -0.05) is 145 Å². The van der Waals surface area contributed by atoms with Crippen molar-refractivity contribution in [3.63, 3.8) is 0 Å². The van der Waals surface area contributed by atoms with Crippen LogP contribution in [0.3, 0.4) is 0 Å². The molecule has 0 aromatic heterocycles. The molecule has 6 atom stereocenters. The number of aliphatic hydroxyl groups is 5. The fraction of sp³-hybridized carbons (Fsp3) is 0.766. The summed E-state index contributed by atoms with van der Waals surface area (Å²) in [6.07, 6.45) is 34.2. The molecule has 12 nitrogen and oxygen atoms in total. The number of aliphatic hydroxyl groups excluding tert-OH is 5. The quantitative estimate of drug-likeness (QED) is 0.0149. The van der Waals surface area contributed by atoms with Crippen molar-refractivity contribution in [2.24, 2.45) is 0 Å². The zero-order chi connectivity index (χ0) is 44.1. The Kier molecular flexibility index (Phi) is 35.1. The molecule has 1 aliphatic carbocycles. The molecule has 60 heavy (non-hydrogen) atoms. The Balaban J connectivity index is 2.41. The van der Waals surface area contributed by atoms with Crippen LogP contribution in [0.5, 0.6) is 0 Å². The molecule has 1 aliphatic rings. The summed E-state index contributed by atoms with van der Waals surface area (Å²) in [6, 6.07) is 0. The van der Waals surface area contributed by atoms with Crippen molar-refractivity contribution in [1.82, 2.24) is 0 Å². The first-order valence-corrected chi connectivity index (χ1v) is 24.6. The first-order valence-electron chi connectivity index (χ1n) is 23.1. The van der Waals surface area contributed by atoms with Crippen LogP contribution in [0.15, 0.2) is 60.8 Å². The van der Waals surface area contributed by atoms with Crippen LogP contribution < -0.4 is 0 Å². The number of phosphoric acid groups is 1. The number of phosphoric ester groups is 1. The number of carbonyl (C=O) groups excluding carboxylic acids is 1. The Hall–Kier alpha value is -1.96. The number of allylic oxidation sites excluding steroid dienone is 10. The molecule has 0 aromatic carbocycles. The normalized spacial score (nSPS) is 22.9. The number of ether oxygens (including phenoxy) is 2. The highest BCUT2D eigenvalue weighted by Gasteiger charge is 2.51. The van der Waals surface area contributed by atoms with Crippen LogP contribution in [0.2, 0.25) is 0 Å². The van der Waals surface area contributed by atoms with E-state index in [4.69, 9.17) is 18.5 Å². The molecule has 0 aliphatic heterocycles. The predicted octanol–water partition coefficient (Wildman–Crippen LogP) is 9.42. The van der Waals surface area contributed by atoms with Crippen molar-refractivity contribution >= 4 is 13.8 Å². The Morgan fingerprint density at radius 3 is 1.50 bits per heavy atom. The molecule has 0 heterocycles. The summed E-state index contributed by atoms with van der Waals surface area (Å²) in [5, 5.41) is 50.2. The number of hydrogen-bond donors (Lipinski definition) is 6. The van der Waals surface area contributed by atoms with E-state index in [0.29, 0.717) is 13.0 Å². The van der Waals surface area contributed by atoms with E-state index in [1.54, 1.807) is 0 Å². The summed E-state index contributed by atoms with van der Waals surface area (Å²) in [7, 11) is -5.03. The lowest BCUT2D eigenvalue weighted by Crippen LogP contribution is -2.64. The molecule has 0 bridgehead atoms. The summed E-state index contributed by atoms with van der Waals surface area (Å²) >= 11 is 0. The van der Waals surface area contributed by atoms with Crippen LogP contribution >= 0.6 is 7.82 Å². The molecule has 0 radical (unpaired) electrons. The maximum Gasteiger partial charge on any atom is 0.472 e. The summed E-state index contributed by atoms with van der Waals surface area (Å²) in [4.78, 5) is 23.2. The maximum absolute atomic E-state index is 12.8. The lowest BCUT2D eigenvalue weighted by atomic mass is 9.85. The van der Waals surface area contributed by atoms with E-state index in [1.165, 1.54) is 38.5 Å². The molecule has 6 N–H and O–H groups in total. The standard InChI is InChI=1S/C47H83O12P/c1-3-5-7-9-11-13-15-17-19-21-22-24-26-28-30-32-34-36-41(48)58-40(39-57-60(54,55)59-47-45(52)43(50)42(49)44(51)46(47)53)38-56-37-35-33-31-29-27-25-23-20-18-16-14-12-10-8-6-4-2/h6,8,11-14,17-20,40,42-47,49-53H,3-5,7,9-10,15-16,21-39H2,1-2H3,(H,54,55)/b8-6-,13-11-,14-12-,19-17-,20-18-. The highest BCUT2D eigenvalue weighted by atomic mass is 31.2. The van der Waals surface area contributed by atoms with E-state index in [1.807, 2.05) is 0 Å². The second kappa shape index (κ2) is 37.6. The first-order chi connectivity index (χ1) is 29.0. The third kappa shape index (κ3) is 29.4. The monoisotopic (exact) mass is 871 g/mol. The van der Waals surface area contributed by atoms with Gasteiger partial charge in [0.1, 0.15) is 42.7 Å². The van der Waals surface area contributed by atoms with Gasteiger partial charge in [-0.05, 0) is 77.0 Å². The van der Waals surface area contributed by atoms with Gasteiger partial charge in [0.05, 0.1) is 13.2 Å². The van der Waals surface area contributed by atoms with Gasteiger partial charge in [-0.25, -0.2) is 4.57 Å². The third-order valence-electron chi connectivity index (χ3n) is 10.4. The van der Waals surface area contributed by atoms with Crippen molar-refractivity contribution in [3.05, 3.63) is 60.8 Å². The lowest BCUT2D eigenvalue weighted by molar-refractivity contribution is -0.220. The van der Waals surface area contributed by atoms with Gasteiger partial charge in [0.25, 0.3) is 0 Å². The van der Waals surface area contributed by atoms with Crippen molar-refractivity contribution in [3.8, 4) is 0 Å². The number of rotatable bonds is 38. The third-order valence-corrected chi connectivity index (χ3v) is 11.4. The average molecular weight is 871 g/mol. The van der Waals surface area contributed by atoms with Crippen LogP contribution in [-0.4, -0.2) is 98.9 Å². The van der Waals surface area contributed by atoms with Crippen molar-refractivity contribution in [2.45, 2.75) is 211 Å². The van der Waals surface area contributed by atoms with E-state index in [9.17, 15) is 39.8 Å². The number of unbranched alkanes of at least 4 members (excludes halogenated alkanes) is 16. The Labute approximate surface area is 362 Å². The molecule has 1 saturated carbocycles. The summed E-state index contributed by atoms with van der Waals surface area (Å²) < 4.78 is 34.2. The van der Waals surface area contributed by atoms with Gasteiger partial charge in [0.15, 0.2) is 0 Å². The summed E-state index contributed by atoms with van der Waals surface area (Å²) in [5.74, 6) is -0.493. The van der Waals surface area contributed by atoms with Gasteiger partial charge in [0, 0.05) is 13.0 Å². The highest BCUT2D eigenvalue weighted by molar-refractivity contribution is 7.47. The summed E-state index contributed by atoms with van der Waals surface area (Å²) in [5.41, 5.74) is 0. The van der Waals surface area contributed by atoms with E-state index in [0.717, 1.165) is 103 Å². The first kappa shape index (κ1) is 56.1. The van der Waals surface area contributed by atoms with Crippen LogP contribution in [0.1, 0.15) is 168 Å². The molecule has 0 aromatic rings. The van der Waals surface area contributed by atoms with Gasteiger partial charge < -0.3 is 39.9 Å². The molecule has 1 rings (SSSR count). The van der Waals surface area contributed by atoms with E-state index in [2.05, 4.69) is 74.6 Å². The van der Waals surface area contributed by atoms with Crippen LogP contribution in [0.25, 0.3) is 0 Å². The molecule has 0 amide bonds. The largest absolute Gasteiger partial charge is 0.472 e. The van der Waals surface area contributed by atoms with Gasteiger partial charge in [-0.15, -0.1) is 0 Å². The second-order valence-corrected chi connectivity index (χ2v) is 17.3. The number of carbonyl (C=O) groups is 1. The minimum atomic E-state index is -5.03. The van der Waals surface area contributed by atoms with Crippen LogP contribution in [0, 0.1) is 0 Å². The lowest BCUT2D eigenvalue weighted by Gasteiger charge is -2.41. The molecular formula is C47H83O12P. The van der Waals surface area contributed by atoms with Crippen LogP contribution in [-0.2, 0) is 27.9 Å². The van der Waals surface area contributed by atoms with Crippen molar-refractivity contribution < 1.29 is 58.3 Å². The van der Waals surface area contributed by atoms with E-state index < -0.39 is 63.1 Å². The maximum atomic E-state index is 12.8. The van der Waals surface area contributed by atoms with Crippen LogP contribution in [0.4, 0.5) is 0 Å². The van der Waals surface area contributed by atoms with E-state index in [-0.39, 0.29) is 13.0 Å². The fourth-order valence-electron chi connectivity index (χ4n) is 6.69. The minimum Gasteiger partial charge on any atom is -0.457 e. The number of esters is 1. The SMILES string of the molecule is CC/C=C\C/C=C\C/C=C\CCCCCCCCOCC(COP(=O)(O)OC1C(O)C(O)C(O)C(O)C1O)OC(=O)CCCCCCCCC/C=C\C/C=C\CCCCC. The zero-order valence-corrected chi connectivity index (χ0v) is 37.9. The minimum absolute atomic E-state index is 0.0913. The molecule has 348 valence electrons. The molecule has 6 unspecified atom stereocenters. The zero-order valence-electron chi connectivity index (χ0n) is 37.0. The second-order valence-electron chi connectivity index (χ2n) is 15.9. The Morgan fingerprint density at radius 2 is 0.983 bits per heavy atom. The Morgan fingerprint density at radius 1 is 0.550 bits per heavy atom. The van der Waals surface area contributed by atoms with Crippen molar-refractivity contribution in [2.75, 3.05) is 19.8 Å². The smallest absolute Gasteiger partial charge is 0.457 e. The van der Waals surface area contributed by atoms with E-state index >= 15 is 0 Å².